The molecule has 0 fully saturated rings. The molecule has 5 nitrogen and oxygen atoms in total. The Bertz CT molecular complexity index is 683. The van der Waals surface area contributed by atoms with E-state index in [2.05, 4.69) is 10.3 Å². The molecular formula is C15H13N3O2. The predicted molar refractivity (Wildman–Crippen MR) is 74.4 cm³/mol. The highest BCUT2D eigenvalue weighted by Crippen LogP contribution is 2.26. The van der Waals surface area contributed by atoms with Gasteiger partial charge < -0.3 is 5.32 Å². The molecule has 0 unspecified atom stereocenters. The molecule has 0 radical (unpaired) electrons. The van der Waals surface area contributed by atoms with Crippen molar-refractivity contribution in [1.29, 1.82) is 0 Å². The summed E-state index contributed by atoms with van der Waals surface area (Å²) in [6.45, 7) is 0.197. The van der Waals surface area contributed by atoms with Gasteiger partial charge in [-0.25, -0.2) is 0 Å². The number of carbonyl (C=O) groups is 2. The first kappa shape index (κ1) is 12.3. The number of nitrogens with one attached hydrogen (secondary N) is 1. The minimum atomic E-state index is -0.271. The van der Waals surface area contributed by atoms with Gasteiger partial charge in [-0.1, -0.05) is 6.07 Å². The van der Waals surface area contributed by atoms with Crippen molar-refractivity contribution in [3.05, 3.63) is 59.4 Å². The number of imide groups is 1. The summed E-state index contributed by atoms with van der Waals surface area (Å²) >= 11 is 0. The fraction of sp³-hybridized carbons (Fsp3) is 0.133. The largest absolute Gasteiger partial charge is 0.388 e. The van der Waals surface area contributed by atoms with Crippen LogP contribution in [0.15, 0.2) is 42.6 Å². The van der Waals surface area contributed by atoms with Crippen molar-refractivity contribution in [3.8, 4) is 0 Å². The number of rotatable bonds is 3. The second-order valence-electron chi connectivity index (χ2n) is 4.53. The molecule has 1 aromatic carbocycles. The third-order valence-electron chi connectivity index (χ3n) is 3.31. The van der Waals surface area contributed by atoms with Gasteiger partial charge in [0.1, 0.15) is 0 Å². The van der Waals surface area contributed by atoms with E-state index in [1.165, 1.54) is 4.90 Å². The maximum Gasteiger partial charge on any atom is 0.261 e. The molecular weight excluding hydrogens is 254 g/mol. The molecule has 2 aromatic rings. The van der Waals surface area contributed by atoms with Crippen LogP contribution in [-0.4, -0.2) is 28.7 Å². The van der Waals surface area contributed by atoms with Crippen LogP contribution < -0.4 is 5.32 Å². The van der Waals surface area contributed by atoms with Gasteiger partial charge >= 0.3 is 0 Å². The molecule has 1 aromatic heterocycles. The summed E-state index contributed by atoms with van der Waals surface area (Å²) in [5.74, 6) is -0.536. The standard InChI is InChI=1S/C15H13N3O2/c1-16-10-5-6-12-13(8-10)15(20)18(14(12)19)9-11-4-2-3-7-17-11/h2-8,16H,9H2,1H3. The minimum Gasteiger partial charge on any atom is -0.388 e. The van der Waals surface area contributed by atoms with Crippen molar-refractivity contribution >= 4 is 17.5 Å². The second-order valence-corrected chi connectivity index (χ2v) is 4.53. The van der Waals surface area contributed by atoms with Crippen LogP contribution in [0.4, 0.5) is 5.69 Å². The molecule has 0 bridgehead atoms. The molecule has 0 spiro atoms. The molecule has 2 heterocycles. The monoisotopic (exact) mass is 267 g/mol. The van der Waals surface area contributed by atoms with Crippen LogP contribution in [0.2, 0.25) is 0 Å². The normalized spacial score (nSPS) is 13.6. The summed E-state index contributed by atoms with van der Waals surface area (Å²) in [6, 6.07) is 10.6. The van der Waals surface area contributed by atoms with E-state index in [1.807, 2.05) is 6.07 Å². The van der Waals surface area contributed by atoms with Crippen LogP contribution in [-0.2, 0) is 6.54 Å². The maximum absolute atomic E-state index is 12.3. The zero-order chi connectivity index (χ0) is 14.1. The van der Waals surface area contributed by atoms with Crippen molar-refractivity contribution < 1.29 is 9.59 Å². The van der Waals surface area contributed by atoms with E-state index in [4.69, 9.17) is 0 Å². The van der Waals surface area contributed by atoms with Gasteiger partial charge in [-0.05, 0) is 30.3 Å². The number of hydrogen-bond acceptors (Lipinski definition) is 4. The lowest BCUT2D eigenvalue weighted by molar-refractivity contribution is 0.0640. The topological polar surface area (TPSA) is 62.3 Å². The number of anilines is 1. The number of carbonyl (C=O) groups excluding carboxylic acids is 2. The van der Waals surface area contributed by atoms with Gasteiger partial charge in [0.25, 0.3) is 11.8 Å². The molecule has 2 amide bonds. The first-order chi connectivity index (χ1) is 9.70. The zero-order valence-electron chi connectivity index (χ0n) is 11.0. The average molecular weight is 267 g/mol. The third-order valence-corrected chi connectivity index (χ3v) is 3.31. The molecule has 1 N–H and O–H groups in total. The van der Waals surface area contributed by atoms with Crippen LogP contribution >= 0.6 is 0 Å². The van der Waals surface area contributed by atoms with Crippen LogP contribution in [0.3, 0.4) is 0 Å². The van der Waals surface area contributed by atoms with E-state index in [-0.39, 0.29) is 18.4 Å². The Morgan fingerprint density at radius 3 is 2.60 bits per heavy atom. The first-order valence-electron chi connectivity index (χ1n) is 6.28. The summed E-state index contributed by atoms with van der Waals surface area (Å²) < 4.78 is 0. The molecule has 20 heavy (non-hydrogen) atoms. The van der Waals surface area contributed by atoms with E-state index in [9.17, 15) is 9.59 Å². The Labute approximate surface area is 116 Å². The molecule has 1 aliphatic heterocycles. The lowest BCUT2D eigenvalue weighted by Gasteiger charge is -2.12. The Hall–Kier alpha value is -2.69. The highest BCUT2D eigenvalue weighted by molar-refractivity contribution is 6.21. The number of pyridine rings is 1. The lowest BCUT2D eigenvalue weighted by atomic mass is 10.1. The zero-order valence-corrected chi connectivity index (χ0v) is 11.0. The highest BCUT2D eigenvalue weighted by Gasteiger charge is 2.35. The van der Waals surface area contributed by atoms with Crippen LogP contribution in [0.1, 0.15) is 26.4 Å². The predicted octanol–water partition coefficient (Wildman–Crippen LogP) is 1.92. The van der Waals surface area contributed by atoms with E-state index >= 15 is 0 Å². The molecule has 0 saturated carbocycles. The van der Waals surface area contributed by atoms with Gasteiger partial charge in [0.05, 0.1) is 23.4 Å². The van der Waals surface area contributed by atoms with Gasteiger partial charge in [0.15, 0.2) is 0 Å². The van der Waals surface area contributed by atoms with E-state index in [1.54, 1.807) is 43.6 Å². The summed E-state index contributed by atoms with van der Waals surface area (Å²) in [7, 11) is 1.77. The Morgan fingerprint density at radius 1 is 1.10 bits per heavy atom. The number of aromatic nitrogens is 1. The molecule has 0 atom stereocenters. The van der Waals surface area contributed by atoms with Gasteiger partial charge in [-0.3, -0.25) is 19.5 Å². The smallest absolute Gasteiger partial charge is 0.261 e. The first-order valence-corrected chi connectivity index (χ1v) is 6.28. The fourth-order valence-corrected chi connectivity index (χ4v) is 2.24. The van der Waals surface area contributed by atoms with Crippen molar-refractivity contribution in [2.24, 2.45) is 0 Å². The summed E-state index contributed by atoms with van der Waals surface area (Å²) in [5.41, 5.74) is 2.39. The lowest BCUT2D eigenvalue weighted by Crippen LogP contribution is -2.29. The number of nitrogens with zero attached hydrogens (tertiary/aromatic N) is 2. The van der Waals surface area contributed by atoms with Crippen molar-refractivity contribution in [1.82, 2.24) is 9.88 Å². The van der Waals surface area contributed by atoms with Gasteiger partial charge in [0, 0.05) is 18.9 Å². The van der Waals surface area contributed by atoms with Gasteiger partial charge in [0.2, 0.25) is 0 Å². The van der Waals surface area contributed by atoms with Crippen LogP contribution in [0, 0.1) is 0 Å². The third kappa shape index (κ3) is 1.93. The van der Waals surface area contributed by atoms with Crippen molar-refractivity contribution in [2.45, 2.75) is 6.54 Å². The molecule has 5 heteroatoms. The van der Waals surface area contributed by atoms with E-state index in [0.29, 0.717) is 16.8 Å². The SMILES string of the molecule is CNc1ccc2c(c1)C(=O)N(Cc1ccccn1)C2=O. The van der Waals surface area contributed by atoms with E-state index < -0.39 is 0 Å². The number of amides is 2. The molecule has 1 aliphatic rings. The summed E-state index contributed by atoms with van der Waals surface area (Å²) in [5, 5.41) is 2.96. The van der Waals surface area contributed by atoms with Crippen LogP contribution in [0.25, 0.3) is 0 Å². The number of fused-ring (bicyclic) bond motifs is 1. The van der Waals surface area contributed by atoms with Crippen molar-refractivity contribution in [3.63, 3.8) is 0 Å². The molecule has 3 rings (SSSR count). The van der Waals surface area contributed by atoms with Crippen molar-refractivity contribution in [2.75, 3.05) is 12.4 Å². The van der Waals surface area contributed by atoms with Gasteiger partial charge in [-0.2, -0.15) is 0 Å². The average Bonchev–Trinajstić information content (AvgIpc) is 2.73. The van der Waals surface area contributed by atoms with E-state index in [0.717, 1.165) is 5.69 Å². The summed E-state index contributed by atoms with van der Waals surface area (Å²) in [4.78, 5) is 30.0. The Kier molecular flexibility index (Phi) is 2.95. The molecule has 0 aliphatic carbocycles. The maximum atomic E-state index is 12.3. The fourth-order valence-electron chi connectivity index (χ4n) is 2.24. The molecule has 0 saturated heterocycles. The Morgan fingerprint density at radius 2 is 1.90 bits per heavy atom. The Balaban J connectivity index is 1.93. The minimum absolute atomic E-state index is 0.197. The van der Waals surface area contributed by atoms with Gasteiger partial charge in [-0.15, -0.1) is 0 Å². The summed E-state index contributed by atoms with van der Waals surface area (Å²) in [6.07, 6.45) is 1.65. The quantitative estimate of drug-likeness (QED) is 0.863. The second kappa shape index (κ2) is 4.77. The number of benzene rings is 1. The number of hydrogen-bond donors (Lipinski definition) is 1. The molecule has 100 valence electrons. The highest BCUT2D eigenvalue weighted by atomic mass is 16.2. The van der Waals surface area contributed by atoms with Crippen LogP contribution in [0.5, 0.6) is 0 Å².